The quantitative estimate of drug-likeness (QED) is 0.907. The van der Waals surface area contributed by atoms with Crippen LogP contribution in [0.3, 0.4) is 0 Å². The summed E-state index contributed by atoms with van der Waals surface area (Å²) >= 11 is 0. The molecule has 2 aliphatic rings. The third-order valence-corrected chi connectivity index (χ3v) is 4.66. The summed E-state index contributed by atoms with van der Waals surface area (Å²) in [6, 6.07) is 0. The highest BCUT2D eigenvalue weighted by Gasteiger charge is 2.44. The molecule has 0 spiro atoms. The van der Waals surface area contributed by atoms with E-state index in [2.05, 4.69) is 17.1 Å². The Hall–Kier alpha value is -0.980. The van der Waals surface area contributed by atoms with Crippen molar-refractivity contribution in [1.82, 2.24) is 10.1 Å². The van der Waals surface area contributed by atoms with Gasteiger partial charge in [0.15, 0.2) is 0 Å². The van der Waals surface area contributed by atoms with Crippen LogP contribution < -0.4 is 5.73 Å². The Morgan fingerprint density at radius 2 is 2.25 bits per heavy atom. The molecule has 3 rings (SSSR count). The number of ether oxygens (including phenoxy) is 2. The van der Waals surface area contributed by atoms with Gasteiger partial charge in [-0.15, -0.1) is 0 Å². The largest absolute Gasteiger partial charge is 0.379 e. The minimum absolute atomic E-state index is 0.421. The van der Waals surface area contributed by atoms with Gasteiger partial charge in [0.1, 0.15) is 11.1 Å². The maximum atomic E-state index is 6.27. The highest BCUT2D eigenvalue weighted by atomic mass is 16.5. The molecule has 0 bridgehead atoms. The Balaban J connectivity index is 1.88. The van der Waals surface area contributed by atoms with Crippen LogP contribution in [0.4, 0.5) is 0 Å². The molecule has 1 saturated heterocycles. The van der Waals surface area contributed by atoms with Gasteiger partial charge in [-0.1, -0.05) is 18.5 Å². The van der Waals surface area contributed by atoms with Gasteiger partial charge in [-0.05, 0) is 31.6 Å². The van der Waals surface area contributed by atoms with Gasteiger partial charge in [-0.2, -0.15) is 4.98 Å². The SMILES string of the molecule is COC1(c2noc(C3(N)CCOC3)n2)CCCC(C)C1. The first-order chi connectivity index (χ1) is 9.58. The van der Waals surface area contributed by atoms with Gasteiger partial charge in [-0.3, -0.25) is 0 Å². The average Bonchev–Trinajstić information content (AvgIpc) is 3.08. The first-order valence-electron chi connectivity index (χ1n) is 7.34. The van der Waals surface area contributed by atoms with Crippen molar-refractivity contribution < 1.29 is 14.0 Å². The monoisotopic (exact) mass is 281 g/mol. The molecule has 1 saturated carbocycles. The fraction of sp³-hybridized carbons (Fsp3) is 0.857. The topological polar surface area (TPSA) is 83.4 Å². The van der Waals surface area contributed by atoms with Crippen molar-refractivity contribution in [3.8, 4) is 0 Å². The minimum Gasteiger partial charge on any atom is -0.379 e. The van der Waals surface area contributed by atoms with E-state index in [0.29, 0.717) is 37.3 Å². The molecule has 6 heteroatoms. The molecule has 1 aliphatic carbocycles. The zero-order chi connectivity index (χ0) is 14.2. The smallest absolute Gasteiger partial charge is 0.249 e. The molecular formula is C14H23N3O3. The minimum atomic E-state index is -0.638. The first kappa shape index (κ1) is 14.0. The molecule has 0 amide bonds. The van der Waals surface area contributed by atoms with Gasteiger partial charge in [0, 0.05) is 13.7 Å². The molecule has 6 nitrogen and oxygen atoms in total. The molecule has 20 heavy (non-hydrogen) atoms. The number of nitrogens with two attached hydrogens (primary N) is 1. The Bertz CT molecular complexity index is 470. The first-order valence-corrected chi connectivity index (χ1v) is 7.34. The van der Waals surface area contributed by atoms with Crippen molar-refractivity contribution >= 4 is 0 Å². The maximum Gasteiger partial charge on any atom is 0.249 e. The third kappa shape index (κ3) is 2.25. The van der Waals surface area contributed by atoms with E-state index >= 15 is 0 Å². The molecule has 3 atom stereocenters. The van der Waals surface area contributed by atoms with Crippen molar-refractivity contribution in [1.29, 1.82) is 0 Å². The summed E-state index contributed by atoms with van der Waals surface area (Å²) in [6.07, 6.45) is 4.92. The van der Waals surface area contributed by atoms with Gasteiger partial charge >= 0.3 is 0 Å². The van der Waals surface area contributed by atoms with E-state index in [4.69, 9.17) is 19.7 Å². The lowest BCUT2D eigenvalue weighted by molar-refractivity contribution is -0.0658. The molecule has 2 N–H and O–H groups in total. The summed E-state index contributed by atoms with van der Waals surface area (Å²) in [7, 11) is 1.73. The van der Waals surface area contributed by atoms with E-state index in [0.717, 1.165) is 19.3 Å². The van der Waals surface area contributed by atoms with Crippen LogP contribution >= 0.6 is 0 Å². The van der Waals surface area contributed by atoms with Crippen LogP contribution in [0, 0.1) is 5.92 Å². The molecule has 1 aliphatic heterocycles. The Morgan fingerprint density at radius 1 is 1.40 bits per heavy atom. The number of aromatic nitrogens is 2. The summed E-state index contributed by atoms with van der Waals surface area (Å²) in [5, 5.41) is 4.16. The van der Waals surface area contributed by atoms with Crippen molar-refractivity contribution in [3.63, 3.8) is 0 Å². The number of rotatable bonds is 3. The van der Waals surface area contributed by atoms with Crippen LogP contribution in [0.2, 0.25) is 0 Å². The Morgan fingerprint density at radius 3 is 2.90 bits per heavy atom. The second-order valence-electron chi connectivity index (χ2n) is 6.28. The van der Waals surface area contributed by atoms with E-state index in [1.54, 1.807) is 7.11 Å². The molecule has 0 aromatic carbocycles. The molecule has 2 fully saturated rings. The van der Waals surface area contributed by atoms with Gasteiger partial charge in [0.2, 0.25) is 11.7 Å². The lowest BCUT2D eigenvalue weighted by Crippen LogP contribution is -2.38. The van der Waals surface area contributed by atoms with Crippen molar-refractivity contribution in [2.75, 3.05) is 20.3 Å². The van der Waals surface area contributed by atoms with E-state index in [9.17, 15) is 0 Å². The van der Waals surface area contributed by atoms with Crippen LogP contribution in [-0.2, 0) is 20.6 Å². The van der Waals surface area contributed by atoms with Crippen LogP contribution in [0.1, 0.15) is 50.7 Å². The summed E-state index contributed by atoms with van der Waals surface area (Å²) in [4.78, 5) is 4.56. The van der Waals surface area contributed by atoms with Gasteiger partial charge in [0.25, 0.3) is 0 Å². The van der Waals surface area contributed by atoms with E-state index in [1.807, 2.05) is 0 Å². The number of hydrogen-bond donors (Lipinski definition) is 1. The van der Waals surface area contributed by atoms with Crippen LogP contribution in [0.25, 0.3) is 0 Å². The van der Waals surface area contributed by atoms with Crippen molar-refractivity contribution in [2.45, 2.75) is 50.2 Å². The molecule has 3 unspecified atom stereocenters. The zero-order valence-electron chi connectivity index (χ0n) is 12.2. The van der Waals surface area contributed by atoms with Crippen molar-refractivity contribution in [2.24, 2.45) is 11.7 Å². The van der Waals surface area contributed by atoms with E-state index in [-0.39, 0.29) is 0 Å². The van der Waals surface area contributed by atoms with E-state index < -0.39 is 11.1 Å². The highest BCUT2D eigenvalue weighted by molar-refractivity contribution is 5.10. The standard InChI is InChI=1S/C14H23N3O3/c1-10-4-3-5-14(8-10,18-2)11-16-12(20-17-11)13(15)6-7-19-9-13/h10H,3-9,15H2,1-2H3. The molecule has 1 aromatic heterocycles. The summed E-state index contributed by atoms with van der Waals surface area (Å²) in [6.45, 7) is 3.31. The van der Waals surface area contributed by atoms with E-state index in [1.165, 1.54) is 6.42 Å². The average molecular weight is 281 g/mol. The predicted molar refractivity (Wildman–Crippen MR) is 71.9 cm³/mol. The molecule has 0 radical (unpaired) electrons. The number of hydrogen-bond acceptors (Lipinski definition) is 6. The number of methoxy groups -OCH3 is 1. The second-order valence-corrected chi connectivity index (χ2v) is 6.28. The maximum absolute atomic E-state index is 6.27. The lowest BCUT2D eigenvalue weighted by Gasteiger charge is -2.36. The lowest BCUT2D eigenvalue weighted by atomic mass is 9.78. The molecular weight excluding hydrogens is 258 g/mol. The van der Waals surface area contributed by atoms with Gasteiger partial charge in [-0.25, -0.2) is 0 Å². The predicted octanol–water partition coefficient (Wildman–Crippen LogP) is 1.70. The summed E-state index contributed by atoms with van der Waals surface area (Å²) in [5.74, 6) is 1.71. The normalized spacial score (nSPS) is 38.2. The summed E-state index contributed by atoms with van der Waals surface area (Å²) in [5.41, 5.74) is 5.21. The number of nitrogens with zero attached hydrogens (tertiary/aromatic N) is 2. The fourth-order valence-electron chi connectivity index (χ4n) is 3.34. The molecule has 112 valence electrons. The fourth-order valence-corrected chi connectivity index (χ4v) is 3.34. The third-order valence-electron chi connectivity index (χ3n) is 4.66. The highest BCUT2D eigenvalue weighted by Crippen LogP contribution is 2.41. The second kappa shape index (κ2) is 5.09. The molecule has 1 aromatic rings. The van der Waals surface area contributed by atoms with Gasteiger partial charge < -0.3 is 19.7 Å². The molecule has 2 heterocycles. The van der Waals surface area contributed by atoms with Crippen LogP contribution in [-0.4, -0.2) is 30.5 Å². The Kier molecular flexibility index (Phi) is 3.56. The van der Waals surface area contributed by atoms with Gasteiger partial charge in [0.05, 0.1) is 6.61 Å². The Labute approximate surface area is 119 Å². The zero-order valence-corrected chi connectivity index (χ0v) is 12.2. The van der Waals surface area contributed by atoms with Crippen LogP contribution in [0.5, 0.6) is 0 Å². The summed E-state index contributed by atoms with van der Waals surface area (Å²) < 4.78 is 16.6. The van der Waals surface area contributed by atoms with Crippen molar-refractivity contribution in [3.05, 3.63) is 11.7 Å². The van der Waals surface area contributed by atoms with Crippen LogP contribution in [0.15, 0.2) is 4.52 Å².